The van der Waals surface area contributed by atoms with Gasteiger partial charge in [0.2, 0.25) is 11.8 Å². The normalized spacial score (nSPS) is 11.7. The molecule has 3 aromatic rings. The molecular formula is C24H25N3O2S. The van der Waals surface area contributed by atoms with Gasteiger partial charge in [-0.25, -0.2) is 0 Å². The molecule has 0 aromatic heterocycles. The third-order valence-corrected chi connectivity index (χ3v) is 5.42. The first-order chi connectivity index (χ1) is 14.6. The molecule has 0 radical (unpaired) electrons. The largest absolute Gasteiger partial charge is 0.324 e. The molecule has 2 amide bonds. The number of hydrogen-bond acceptors (Lipinski definition) is 4. The van der Waals surface area contributed by atoms with E-state index in [1.54, 1.807) is 23.7 Å². The molecule has 1 atom stereocenters. The Morgan fingerprint density at radius 2 is 1.47 bits per heavy atom. The van der Waals surface area contributed by atoms with Crippen LogP contribution in [-0.4, -0.2) is 36.6 Å². The summed E-state index contributed by atoms with van der Waals surface area (Å²) < 4.78 is 0. The highest BCUT2D eigenvalue weighted by atomic mass is 32.2. The molecule has 0 bridgehead atoms. The molecule has 0 spiro atoms. The van der Waals surface area contributed by atoms with E-state index in [1.165, 1.54) is 0 Å². The van der Waals surface area contributed by atoms with Crippen LogP contribution in [0.4, 0.5) is 11.4 Å². The van der Waals surface area contributed by atoms with Crippen LogP contribution in [0.25, 0.3) is 0 Å². The Hall–Kier alpha value is -3.09. The number of para-hydroxylation sites is 2. The summed E-state index contributed by atoms with van der Waals surface area (Å²) in [5, 5.41) is 5.90. The zero-order valence-corrected chi connectivity index (χ0v) is 17.9. The SMILES string of the molecule is CSc1ccccc1NC(=O)CN(C)C(C(=O)Nc1ccccc1)c1ccccc1. The minimum atomic E-state index is -0.604. The van der Waals surface area contributed by atoms with Crippen molar-refractivity contribution in [3.63, 3.8) is 0 Å². The van der Waals surface area contributed by atoms with Crippen LogP contribution in [0.2, 0.25) is 0 Å². The maximum atomic E-state index is 13.1. The lowest BCUT2D eigenvalue weighted by molar-refractivity contribution is -0.123. The maximum Gasteiger partial charge on any atom is 0.246 e. The number of nitrogens with zero attached hydrogens (tertiary/aromatic N) is 1. The highest BCUT2D eigenvalue weighted by Crippen LogP contribution is 2.25. The number of amides is 2. The van der Waals surface area contributed by atoms with E-state index >= 15 is 0 Å². The Morgan fingerprint density at radius 3 is 2.13 bits per heavy atom. The van der Waals surface area contributed by atoms with Crippen LogP contribution in [-0.2, 0) is 9.59 Å². The standard InChI is InChI=1S/C24H25N3O2S/c1-27(17-22(28)26-20-15-9-10-16-21(20)30-2)23(18-11-5-3-6-12-18)24(29)25-19-13-7-4-8-14-19/h3-16,23H,17H2,1-2H3,(H,25,29)(H,26,28). The van der Waals surface area contributed by atoms with Crippen LogP contribution < -0.4 is 10.6 Å². The minimum absolute atomic E-state index is 0.0739. The van der Waals surface area contributed by atoms with Crippen LogP contribution >= 0.6 is 11.8 Å². The average molecular weight is 420 g/mol. The van der Waals surface area contributed by atoms with E-state index in [2.05, 4.69) is 10.6 Å². The van der Waals surface area contributed by atoms with E-state index in [0.29, 0.717) is 0 Å². The van der Waals surface area contributed by atoms with Gasteiger partial charge in [-0.3, -0.25) is 14.5 Å². The lowest BCUT2D eigenvalue weighted by Gasteiger charge is -2.27. The van der Waals surface area contributed by atoms with Crippen molar-refractivity contribution in [3.05, 3.63) is 90.5 Å². The number of likely N-dealkylation sites (N-methyl/N-ethyl adjacent to an activating group) is 1. The number of hydrogen-bond donors (Lipinski definition) is 2. The van der Waals surface area contributed by atoms with Crippen molar-refractivity contribution in [2.75, 3.05) is 30.5 Å². The number of carbonyl (C=O) groups is 2. The van der Waals surface area contributed by atoms with Gasteiger partial charge in [0, 0.05) is 10.6 Å². The highest BCUT2D eigenvalue weighted by molar-refractivity contribution is 7.98. The Bertz CT molecular complexity index is 980. The molecule has 154 valence electrons. The summed E-state index contributed by atoms with van der Waals surface area (Å²) in [5.41, 5.74) is 2.31. The molecule has 3 aromatic carbocycles. The third kappa shape index (κ3) is 5.72. The number of benzene rings is 3. The topological polar surface area (TPSA) is 61.4 Å². The molecule has 0 fully saturated rings. The molecule has 5 nitrogen and oxygen atoms in total. The van der Waals surface area contributed by atoms with Crippen molar-refractivity contribution in [2.24, 2.45) is 0 Å². The quantitative estimate of drug-likeness (QED) is 0.522. The number of anilines is 2. The van der Waals surface area contributed by atoms with Crippen molar-refractivity contribution in [3.8, 4) is 0 Å². The van der Waals surface area contributed by atoms with Crippen molar-refractivity contribution < 1.29 is 9.59 Å². The zero-order chi connectivity index (χ0) is 21.3. The molecule has 0 aliphatic rings. The Morgan fingerprint density at radius 1 is 0.867 bits per heavy atom. The summed E-state index contributed by atoms with van der Waals surface area (Å²) in [6, 6.07) is 25.8. The molecule has 0 saturated carbocycles. The van der Waals surface area contributed by atoms with Gasteiger partial charge in [-0.05, 0) is 43.1 Å². The lowest BCUT2D eigenvalue weighted by Crippen LogP contribution is -2.39. The molecule has 30 heavy (non-hydrogen) atoms. The summed E-state index contributed by atoms with van der Waals surface area (Å²) in [6.45, 7) is 0.0739. The van der Waals surface area contributed by atoms with Gasteiger partial charge >= 0.3 is 0 Å². The molecule has 6 heteroatoms. The van der Waals surface area contributed by atoms with Gasteiger partial charge in [0.15, 0.2) is 0 Å². The van der Waals surface area contributed by atoms with E-state index in [9.17, 15) is 9.59 Å². The third-order valence-electron chi connectivity index (χ3n) is 4.62. The predicted octanol–water partition coefficient (Wildman–Crippen LogP) is 4.66. The molecule has 1 unspecified atom stereocenters. The first kappa shape index (κ1) is 21.6. The molecule has 0 aliphatic carbocycles. The number of carbonyl (C=O) groups excluding carboxylic acids is 2. The fourth-order valence-electron chi connectivity index (χ4n) is 3.23. The minimum Gasteiger partial charge on any atom is -0.324 e. The first-order valence-corrected chi connectivity index (χ1v) is 10.8. The number of rotatable bonds is 8. The van der Waals surface area contributed by atoms with Crippen LogP contribution in [0, 0.1) is 0 Å². The van der Waals surface area contributed by atoms with Crippen molar-refractivity contribution in [2.45, 2.75) is 10.9 Å². The van der Waals surface area contributed by atoms with Gasteiger partial charge in [0.25, 0.3) is 0 Å². The van der Waals surface area contributed by atoms with Crippen LogP contribution in [0.5, 0.6) is 0 Å². The average Bonchev–Trinajstić information content (AvgIpc) is 2.75. The van der Waals surface area contributed by atoms with Crippen LogP contribution in [0.1, 0.15) is 11.6 Å². The first-order valence-electron chi connectivity index (χ1n) is 9.62. The fourth-order valence-corrected chi connectivity index (χ4v) is 3.78. The Kier molecular flexibility index (Phi) is 7.65. The van der Waals surface area contributed by atoms with E-state index in [1.807, 2.05) is 91.2 Å². The summed E-state index contributed by atoms with van der Waals surface area (Å²) in [5.74, 6) is -0.361. The van der Waals surface area contributed by atoms with Crippen molar-refractivity contribution in [1.82, 2.24) is 4.90 Å². The van der Waals surface area contributed by atoms with E-state index in [4.69, 9.17) is 0 Å². The van der Waals surface area contributed by atoms with Crippen LogP contribution in [0.3, 0.4) is 0 Å². The monoisotopic (exact) mass is 419 g/mol. The fraction of sp³-hybridized carbons (Fsp3) is 0.167. The van der Waals surface area contributed by atoms with Gasteiger partial charge in [0.05, 0.1) is 12.2 Å². The van der Waals surface area contributed by atoms with Crippen molar-refractivity contribution >= 4 is 35.0 Å². The maximum absolute atomic E-state index is 13.1. The Balaban J connectivity index is 1.75. The zero-order valence-electron chi connectivity index (χ0n) is 17.0. The number of nitrogens with one attached hydrogen (secondary N) is 2. The Labute approximate surface area is 181 Å². The van der Waals surface area contributed by atoms with Gasteiger partial charge in [-0.15, -0.1) is 11.8 Å². The van der Waals surface area contributed by atoms with E-state index in [-0.39, 0.29) is 18.4 Å². The summed E-state index contributed by atoms with van der Waals surface area (Å²) in [6.07, 6.45) is 1.97. The molecular weight excluding hydrogens is 394 g/mol. The van der Waals surface area contributed by atoms with Crippen molar-refractivity contribution in [1.29, 1.82) is 0 Å². The number of thioether (sulfide) groups is 1. The van der Waals surface area contributed by atoms with E-state index in [0.717, 1.165) is 21.8 Å². The molecule has 3 rings (SSSR count). The van der Waals surface area contributed by atoms with Gasteiger partial charge in [-0.1, -0.05) is 60.7 Å². The molecule has 0 heterocycles. The summed E-state index contributed by atoms with van der Waals surface area (Å²) in [7, 11) is 1.78. The van der Waals surface area contributed by atoms with Crippen LogP contribution in [0.15, 0.2) is 89.8 Å². The van der Waals surface area contributed by atoms with Gasteiger partial charge in [-0.2, -0.15) is 0 Å². The predicted molar refractivity (Wildman–Crippen MR) is 124 cm³/mol. The van der Waals surface area contributed by atoms with E-state index < -0.39 is 6.04 Å². The second kappa shape index (κ2) is 10.6. The molecule has 0 aliphatic heterocycles. The highest BCUT2D eigenvalue weighted by Gasteiger charge is 2.26. The van der Waals surface area contributed by atoms with Gasteiger partial charge < -0.3 is 10.6 Å². The molecule has 2 N–H and O–H groups in total. The smallest absolute Gasteiger partial charge is 0.246 e. The second-order valence-electron chi connectivity index (χ2n) is 6.83. The van der Waals surface area contributed by atoms with Gasteiger partial charge in [0.1, 0.15) is 6.04 Å². The summed E-state index contributed by atoms with van der Waals surface area (Å²) >= 11 is 1.57. The lowest BCUT2D eigenvalue weighted by atomic mass is 10.0. The summed E-state index contributed by atoms with van der Waals surface area (Å²) in [4.78, 5) is 28.6. The second-order valence-corrected chi connectivity index (χ2v) is 7.68. The molecule has 0 saturated heterocycles.